The number of pyridine rings is 2. The summed E-state index contributed by atoms with van der Waals surface area (Å²) in [4.78, 5) is 57.1. The summed E-state index contributed by atoms with van der Waals surface area (Å²) in [6.45, 7) is 14.3. The molecule has 1 aliphatic rings. The van der Waals surface area contributed by atoms with Crippen LogP contribution in [0.25, 0.3) is 21.8 Å². The van der Waals surface area contributed by atoms with Crippen LogP contribution in [0.2, 0.25) is 0 Å². The van der Waals surface area contributed by atoms with Crippen molar-refractivity contribution in [2.75, 3.05) is 37.9 Å². The number of aromatic nitrogens is 2. The molecule has 0 unspecified atom stereocenters. The number of carboxylic acid groups (broad SMARTS) is 1. The third kappa shape index (κ3) is 9.23. The Labute approximate surface area is 308 Å². The molecule has 0 spiro atoms. The van der Waals surface area contributed by atoms with Gasteiger partial charge in [0, 0.05) is 6.04 Å². The van der Waals surface area contributed by atoms with Crippen molar-refractivity contribution in [2.45, 2.75) is 74.3 Å². The summed E-state index contributed by atoms with van der Waals surface area (Å²) >= 11 is 0. The van der Waals surface area contributed by atoms with Crippen LogP contribution in [0, 0.1) is 24.7 Å². The predicted octanol–water partition coefficient (Wildman–Crippen LogP) is 5.78. The van der Waals surface area contributed by atoms with Crippen molar-refractivity contribution in [3.05, 3.63) is 58.9 Å². The number of fused-ring (bicyclic) bond motifs is 2. The Morgan fingerprint density at radius 2 is 1.17 bits per heavy atom. The van der Waals surface area contributed by atoms with Crippen LogP contribution in [0.3, 0.4) is 0 Å². The van der Waals surface area contributed by atoms with Crippen molar-refractivity contribution in [2.24, 2.45) is 10.8 Å². The van der Waals surface area contributed by atoms with Gasteiger partial charge in [0.1, 0.15) is 35.8 Å². The molecule has 53 heavy (non-hydrogen) atoms. The van der Waals surface area contributed by atoms with E-state index in [2.05, 4.69) is 15.3 Å². The number of nitrogen functional groups attached to an aromatic ring is 2. The number of carboxylic acids is 1. The van der Waals surface area contributed by atoms with Crippen LogP contribution in [0.1, 0.15) is 86.5 Å². The normalized spacial score (nSPS) is 12.8. The monoisotopic (exact) mass is 731 g/mol. The van der Waals surface area contributed by atoms with Gasteiger partial charge in [0.25, 0.3) is 0 Å². The number of rotatable bonds is 13. The summed E-state index contributed by atoms with van der Waals surface area (Å²) in [5.74, 6) is -1.20. The number of carbonyl (C=O) groups excluding carboxylic acids is 3. The van der Waals surface area contributed by atoms with Crippen molar-refractivity contribution in [3.8, 4) is 11.5 Å². The van der Waals surface area contributed by atoms with Gasteiger partial charge >= 0.3 is 17.9 Å². The molecule has 0 saturated heterocycles. The van der Waals surface area contributed by atoms with E-state index >= 15 is 0 Å². The van der Waals surface area contributed by atoms with Gasteiger partial charge in [-0.2, -0.15) is 0 Å². The fourth-order valence-electron chi connectivity index (χ4n) is 5.29. The molecule has 14 heteroatoms. The highest BCUT2D eigenvalue weighted by atomic mass is 16.5. The molecule has 0 aliphatic heterocycles. The second kappa shape index (κ2) is 16.3. The molecule has 6 N–H and O–H groups in total. The maximum absolute atomic E-state index is 12.4. The lowest BCUT2D eigenvalue weighted by Crippen LogP contribution is -2.41. The second-order valence-corrected chi connectivity index (χ2v) is 14.1. The van der Waals surface area contributed by atoms with Crippen molar-refractivity contribution < 1.29 is 43.2 Å². The largest absolute Gasteiger partial charge is 0.492 e. The number of aryl methyl sites for hydroxylation is 2. The molecule has 2 heterocycles. The Kier molecular flexibility index (Phi) is 12.4. The molecular weight excluding hydrogens is 682 g/mol. The molecule has 284 valence electrons. The number of nitrogens with zero attached hydrogens (tertiary/aromatic N) is 2. The van der Waals surface area contributed by atoms with E-state index < -0.39 is 28.7 Å². The van der Waals surface area contributed by atoms with E-state index in [9.17, 15) is 24.3 Å². The Bertz CT molecular complexity index is 2040. The minimum absolute atomic E-state index is 0.0376. The highest BCUT2D eigenvalue weighted by Gasteiger charge is 2.34. The maximum atomic E-state index is 12.4. The zero-order valence-corrected chi connectivity index (χ0v) is 31.5. The molecule has 1 aliphatic carbocycles. The summed E-state index contributed by atoms with van der Waals surface area (Å²) < 4.78 is 21.9. The van der Waals surface area contributed by atoms with E-state index in [0.717, 1.165) is 12.8 Å². The highest BCUT2D eigenvalue weighted by molar-refractivity contribution is 6.08. The zero-order valence-electron chi connectivity index (χ0n) is 31.5. The van der Waals surface area contributed by atoms with Crippen LogP contribution in [0.15, 0.2) is 36.4 Å². The van der Waals surface area contributed by atoms with Gasteiger partial charge in [-0.05, 0) is 92.5 Å². The number of esters is 2. The number of benzene rings is 2. The minimum Gasteiger partial charge on any atom is -0.492 e. The lowest BCUT2D eigenvalue weighted by atomic mass is 9.93. The van der Waals surface area contributed by atoms with E-state index in [4.69, 9.17) is 30.4 Å². The average Bonchev–Trinajstić information content (AvgIpc) is 3.90. The topological polar surface area (TPSA) is 215 Å². The van der Waals surface area contributed by atoms with Crippen LogP contribution in [-0.2, 0) is 19.1 Å². The van der Waals surface area contributed by atoms with Crippen molar-refractivity contribution in [1.82, 2.24) is 15.3 Å². The number of amides is 1. The number of hydrogen-bond donors (Lipinski definition) is 4. The third-order valence-electron chi connectivity index (χ3n) is 8.63. The molecule has 0 bridgehead atoms. The first-order valence-corrected chi connectivity index (χ1v) is 17.4. The van der Waals surface area contributed by atoms with Crippen LogP contribution >= 0.6 is 0 Å². The lowest BCUT2D eigenvalue weighted by molar-refractivity contribution is -0.148. The van der Waals surface area contributed by atoms with Crippen molar-refractivity contribution >= 4 is 57.0 Å². The SMILES string of the molecule is CCOC(=O)c1c(C)nc2cccc(OCC(C)(C)C(=O)NC3CC3)c2c1N.CCOC(=O)c1c(C)nc2cccc(OCC(C)(C)C(=O)O)c2c1N. The van der Waals surface area contributed by atoms with Crippen LogP contribution in [0.5, 0.6) is 11.5 Å². The molecule has 1 saturated carbocycles. The van der Waals surface area contributed by atoms with E-state index in [1.165, 1.54) is 0 Å². The fourth-order valence-corrected chi connectivity index (χ4v) is 5.29. The first-order chi connectivity index (χ1) is 24.9. The first kappa shape index (κ1) is 40.1. The highest BCUT2D eigenvalue weighted by Crippen LogP contribution is 2.36. The molecule has 0 atom stereocenters. The number of aliphatic carboxylic acids is 1. The minimum atomic E-state index is -1.07. The summed E-state index contributed by atoms with van der Waals surface area (Å²) in [6, 6.07) is 10.8. The van der Waals surface area contributed by atoms with Gasteiger partial charge in [-0.25, -0.2) is 9.59 Å². The molecule has 2 aromatic carbocycles. The average molecular weight is 732 g/mol. The smallest absolute Gasteiger partial charge is 0.342 e. The Balaban J connectivity index is 0.000000238. The summed E-state index contributed by atoms with van der Waals surface area (Å²) in [5, 5.41) is 13.2. The molecule has 14 nitrogen and oxygen atoms in total. The Hall–Kier alpha value is -5.66. The maximum Gasteiger partial charge on any atom is 0.342 e. The van der Waals surface area contributed by atoms with Gasteiger partial charge < -0.3 is 40.8 Å². The molecular formula is C39H49N5O9. The number of hydrogen-bond acceptors (Lipinski definition) is 12. The number of ether oxygens (including phenoxy) is 4. The van der Waals surface area contributed by atoms with E-state index in [1.807, 2.05) is 26.0 Å². The van der Waals surface area contributed by atoms with Gasteiger partial charge in [-0.1, -0.05) is 12.1 Å². The van der Waals surface area contributed by atoms with E-state index in [0.29, 0.717) is 50.7 Å². The standard InChI is InChI=1S/C21H27N3O4.C18H22N2O5/c1-5-27-19(25)16-12(2)23-14-7-6-8-15(17(14)18(16)22)28-11-21(3,4)20(26)24-13-9-10-13;1-5-24-16(21)13-10(2)20-11-7-6-8-12(14(11)15(13)19)25-9-18(3,4)17(22)23/h6-8,13H,5,9-11H2,1-4H3,(H2,22,23)(H,24,26);6-8H,5,9H2,1-4H3,(H2,19,20)(H,22,23). The van der Waals surface area contributed by atoms with Gasteiger partial charge in [0.2, 0.25) is 5.91 Å². The molecule has 5 rings (SSSR count). The summed E-state index contributed by atoms with van der Waals surface area (Å²) in [7, 11) is 0. The summed E-state index contributed by atoms with van der Waals surface area (Å²) in [6.07, 6.45) is 2.06. The first-order valence-electron chi connectivity index (χ1n) is 17.4. The molecule has 1 amide bonds. The van der Waals surface area contributed by atoms with Gasteiger partial charge in [-0.3, -0.25) is 19.6 Å². The number of nitrogens with one attached hydrogen (secondary N) is 1. The fraction of sp³-hybridized carbons (Fsp3) is 0.436. The van der Waals surface area contributed by atoms with Gasteiger partial charge in [-0.15, -0.1) is 0 Å². The zero-order chi connectivity index (χ0) is 39.2. The van der Waals surface area contributed by atoms with Gasteiger partial charge in [0.05, 0.1) is 68.6 Å². The Morgan fingerprint density at radius 1 is 0.755 bits per heavy atom. The quantitative estimate of drug-likeness (QED) is 0.120. The van der Waals surface area contributed by atoms with Crippen molar-refractivity contribution in [3.63, 3.8) is 0 Å². The van der Waals surface area contributed by atoms with Gasteiger partial charge in [0.15, 0.2) is 0 Å². The van der Waals surface area contributed by atoms with E-state index in [1.54, 1.807) is 65.8 Å². The van der Waals surface area contributed by atoms with Crippen LogP contribution < -0.4 is 26.3 Å². The third-order valence-corrected chi connectivity index (χ3v) is 8.63. The van der Waals surface area contributed by atoms with Crippen molar-refractivity contribution in [1.29, 1.82) is 0 Å². The molecule has 4 aromatic rings. The molecule has 0 radical (unpaired) electrons. The molecule has 2 aromatic heterocycles. The second-order valence-electron chi connectivity index (χ2n) is 14.1. The molecule has 1 fully saturated rings. The lowest BCUT2D eigenvalue weighted by Gasteiger charge is -2.24. The number of anilines is 2. The summed E-state index contributed by atoms with van der Waals surface area (Å²) in [5.41, 5.74) is 13.9. The predicted molar refractivity (Wildman–Crippen MR) is 201 cm³/mol. The number of nitrogens with two attached hydrogens (primary N) is 2. The van der Waals surface area contributed by atoms with Crippen LogP contribution in [0.4, 0.5) is 11.4 Å². The van der Waals surface area contributed by atoms with Crippen LogP contribution in [-0.4, -0.2) is 71.4 Å². The van der Waals surface area contributed by atoms with E-state index in [-0.39, 0.29) is 54.8 Å². The number of carbonyl (C=O) groups is 4. The Morgan fingerprint density at radius 3 is 1.55 bits per heavy atom.